The first-order valence-electron chi connectivity index (χ1n) is 7.34. The van der Waals surface area contributed by atoms with Crippen molar-refractivity contribution in [2.45, 2.75) is 63.5 Å². The maximum Gasteiger partial charge on any atom is 0.326 e. The number of hydrogen-bond acceptors (Lipinski definition) is 4. The van der Waals surface area contributed by atoms with Gasteiger partial charge in [-0.1, -0.05) is 0 Å². The largest absolute Gasteiger partial charge is 0.481 e. The van der Waals surface area contributed by atoms with Gasteiger partial charge in [-0.25, -0.2) is 4.79 Å². The minimum absolute atomic E-state index is 0.0831. The average Bonchev–Trinajstić information content (AvgIpc) is 2.44. The maximum absolute atomic E-state index is 11.8. The fourth-order valence-corrected chi connectivity index (χ4v) is 2.31. The van der Waals surface area contributed by atoms with Gasteiger partial charge < -0.3 is 20.3 Å². The molecule has 21 heavy (non-hydrogen) atoms. The summed E-state index contributed by atoms with van der Waals surface area (Å²) in [4.78, 5) is 33.2. The number of aliphatic carboxylic acids is 2. The van der Waals surface area contributed by atoms with Gasteiger partial charge in [-0.15, -0.1) is 0 Å². The molecule has 1 aliphatic heterocycles. The molecule has 1 unspecified atom stereocenters. The van der Waals surface area contributed by atoms with Crippen molar-refractivity contribution < 1.29 is 29.3 Å². The molecule has 120 valence electrons. The zero-order valence-corrected chi connectivity index (χ0v) is 12.0. The van der Waals surface area contributed by atoms with E-state index in [0.717, 1.165) is 25.9 Å². The quantitative estimate of drug-likeness (QED) is 0.589. The molecule has 0 spiro atoms. The molecule has 0 radical (unpaired) electrons. The van der Waals surface area contributed by atoms with Gasteiger partial charge in [0.1, 0.15) is 6.04 Å². The van der Waals surface area contributed by atoms with Crippen molar-refractivity contribution in [2.75, 3.05) is 6.61 Å². The molecule has 0 bridgehead atoms. The fraction of sp³-hybridized carbons (Fsp3) is 0.786. The molecule has 0 aromatic carbocycles. The van der Waals surface area contributed by atoms with Gasteiger partial charge in [0, 0.05) is 19.4 Å². The highest BCUT2D eigenvalue weighted by Gasteiger charge is 2.21. The lowest BCUT2D eigenvalue weighted by molar-refractivity contribution is -0.142. The van der Waals surface area contributed by atoms with Crippen LogP contribution in [-0.4, -0.2) is 46.8 Å². The van der Waals surface area contributed by atoms with E-state index >= 15 is 0 Å². The molecule has 1 amide bonds. The van der Waals surface area contributed by atoms with E-state index in [-0.39, 0.29) is 37.7 Å². The highest BCUT2D eigenvalue weighted by Crippen LogP contribution is 2.16. The molecule has 0 aromatic heterocycles. The van der Waals surface area contributed by atoms with Gasteiger partial charge in [0.15, 0.2) is 0 Å². The monoisotopic (exact) mass is 301 g/mol. The number of amides is 1. The van der Waals surface area contributed by atoms with E-state index in [1.54, 1.807) is 0 Å². The van der Waals surface area contributed by atoms with E-state index in [1.807, 2.05) is 0 Å². The summed E-state index contributed by atoms with van der Waals surface area (Å²) in [6.07, 6.45) is 4.22. The van der Waals surface area contributed by atoms with Crippen molar-refractivity contribution in [2.24, 2.45) is 0 Å². The number of ether oxygens (including phenoxy) is 1. The summed E-state index contributed by atoms with van der Waals surface area (Å²) in [5.74, 6) is -2.44. The highest BCUT2D eigenvalue weighted by molar-refractivity contribution is 5.83. The lowest BCUT2D eigenvalue weighted by atomic mass is 10.0. The lowest BCUT2D eigenvalue weighted by Crippen LogP contribution is -2.41. The average molecular weight is 301 g/mol. The van der Waals surface area contributed by atoms with Gasteiger partial charge in [-0.2, -0.15) is 0 Å². The molecule has 1 saturated heterocycles. The van der Waals surface area contributed by atoms with E-state index in [0.29, 0.717) is 6.42 Å². The third-order valence-corrected chi connectivity index (χ3v) is 3.48. The van der Waals surface area contributed by atoms with Gasteiger partial charge in [0.05, 0.1) is 6.10 Å². The summed E-state index contributed by atoms with van der Waals surface area (Å²) in [7, 11) is 0. The molecule has 1 aliphatic rings. The van der Waals surface area contributed by atoms with E-state index in [4.69, 9.17) is 14.9 Å². The van der Waals surface area contributed by atoms with Gasteiger partial charge in [0.25, 0.3) is 0 Å². The summed E-state index contributed by atoms with van der Waals surface area (Å²) >= 11 is 0. The molecular weight excluding hydrogens is 278 g/mol. The molecule has 2 atom stereocenters. The number of carbonyl (C=O) groups is 3. The van der Waals surface area contributed by atoms with Crippen LogP contribution in [0.15, 0.2) is 0 Å². The topological polar surface area (TPSA) is 113 Å². The van der Waals surface area contributed by atoms with Crippen LogP contribution in [0.3, 0.4) is 0 Å². The second kappa shape index (κ2) is 9.33. The molecule has 1 heterocycles. The smallest absolute Gasteiger partial charge is 0.326 e. The standard InChI is InChI=1S/C14H23NO6/c16-12(8-7-10-4-1-2-9-21-10)15-11(14(19)20)5-3-6-13(17)18/h10-11H,1-9H2,(H,15,16)(H,17,18)(H,19,20)/t10?,11-/m1/s1. The van der Waals surface area contributed by atoms with Crippen LogP contribution in [0.5, 0.6) is 0 Å². The fourth-order valence-electron chi connectivity index (χ4n) is 2.31. The molecule has 1 fully saturated rings. The van der Waals surface area contributed by atoms with Crippen molar-refractivity contribution in [3.05, 3.63) is 0 Å². The molecule has 0 aromatic rings. The van der Waals surface area contributed by atoms with Gasteiger partial charge in [-0.05, 0) is 38.5 Å². The van der Waals surface area contributed by atoms with Crippen molar-refractivity contribution in [3.8, 4) is 0 Å². The number of carboxylic acid groups (broad SMARTS) is 2. The molecule has 7 heteroatoms. The molecule has 7 nitrogen and oxygen atoms in total. The number of carboxylic acids is 2. The normalized spacial score (nSPS) is 19.7. The van der Waals surface area contributed by atoms with Crippen LogP contribution < -0.4 is 5.32 Å². The molecular formula is C14H23NO6. The van der Waals surface area contributed by atoms with Gasteiger partial charge in [0.2, 0.25) is 5.91 Å². The first kappa shape index (κ1) is 17.4. The van der Waals surface area contributed by atoms with Crippen LogP contribution in [0.1, 0.15) is 51.4 Å². The predicted octanol–water partition coefficient (Wildman–Crippen LogP) is 1.16. The second-order valence-electron chi connectivity index (χ2n) is 5.27. The van der Waals surface area contributed by atoms with Crippen LogP contribution in [0, 0.1) is 0 Å². The zero-order chi connectivity index (χ0) is 15.7. The van der Waals surface area contributed by atoms with E-state index in [1.165, 1.54) is 0 Å². The summed E-state index contributed by atoms with van der Waals surface area (Å²) in [5.41, 5.74) is 0. The summed E-state index contributed by atoms with van der Waals surface area (Å²) in [6, 6.07) is -1.02. The van der Waals surface area contributed by atoms with Gasteiger partial charge >= 0.3 is 11.9 Å². The molecule has 1 rings (SSSR count). The Morgan fingerprint density at radius 3 is 2.52 bits per heavy atom. The Hall–Kier alpha value is -1.63. The first-order chi connectivity index (χ1) is 9.99. The van der Waals surface area contributed by atoms with Crippen molar-refractivity contribution in [3.63, 3.8) is 0 Å². The van der Waals surface area contributed by atoms with Crippen molar-refractivity contribution in [1.82, 2.24) is 5.32 Å². The Labute approximate surface area is 123 Å². The summed E-state index contributed by atoms with van der Waals surface area (Å²) < 4.78 is 5.51. The first-order valence-corrected chi connectivity index (χ1v) is 7.34. The Morgan fingerprint density at radius 2 is 1.95 bits per heavy atom. The summed E-state index contributed by atoms with van der Waals surface area (Å²) in [6.45, 7) is 0.721. The van der Waals surface area contributed by atoms with Crippen LogP contribution in [0.4, 0.5) is 0 Å². The van der Waals surface area contributed by atoms with Crippen LogP contribution >= 0.6 is 0 Å². The number of carbonyl (C=O) groups excluding carboxylic acids is 1. The number of hydrogen-bond donors (Lipinski definition) is 3. The third kappa shape index (κ3) is 7.65. The number of rotatable bonds is 9. The highest BCUT2D eigenvalue weighted by atomic mass is 16.5. The van der Waals surface area contributed by atoms with E-state index < -0.39 is 18.0 Å². The predicted molar refractivity (Wildman–Crippen MR) is 73.9 cm³/mol. The minimum Gasteiger partial charge on any atom is -0.481 e. The molecule has 0 saturated carbocycles. The van der Waals surface area contributed by atoms with Crippen molar-refractivity contribution >= 4 is 17.8 Å². The van der Waals surface area contributed by atoms with E-state index in [2.05, 4.69) is 5.32 Å². The SMILES string of the molecule is O=C(O)CCC[C@@H](NC(=O)CCC1CCCCO1)C(=O)O. The zero-order valence-electron chi connectivity index (χ0n) is 12.0. The molecule has 3 N–H and O–H groups in total. The maximum atomic E-state index is 11.8. The Balaban J connectivity index is 2.27. The Bertz CT molecular complexity index is 364. The van der Waals surface area contributed by atoms with Crippen molar-refractivity contribution in [1.29, 1.82) is 0 Å². The van der Waals surface area contributed by atoms with Gasteiger partial charge in [-0.3, -0.25) is 9.59 Å². The van der Waals surface area contributed by atoms with E-state index in [9.17, 15) is 14.4 Å². The lowest BCUT2D eigenvalue weighted by Gasteiger charge is -2.22. The number of nitrogens with one attached hydrogen (secondary N) is 1. The summed E-state index contributed by atoms with van der Waals surface area (Å²) in [5, 5.41) is 20.0. The van der Waals surface area contributed by atoms with Crippen LogP contribution in [-0.2, 0) is 19.1 Å². The third-order valence-electron chi connectivity index (χ3n) is 3.48. The Morgan fingerprint density at radius 1 is 1.19 bits per heavy atom. The van der Waals surface area contributed by atoms with Crippen LogP contribution in [0.2, 0.25) is 0 Å². The Kier molecular flexibility index (Phi) is 7.74. The second-order valence-corrected chi connectivity index (χ2v) is 5.27. The molecule has 0 aliphatic carbocycles. The minimum atomic E-state index is -1.14. The van der Waals surface area contributed by atoms with Crippen LogP contribution in [0.25, 0.3) is 0 Å².